The second kappa shape index (κ2) is 9.80. The number of H-pyrrole nitrogens is 2. The molecule has 1 saturated heterocycles. The number of hydrogen-bond acceptors (Lipinski definition) is 7. The molecule has 35 heavy (non-hydrogen) atoms. The van der Waals surface area contributed by atoms with Crippen LogP contribution in [0.25, 0.3) is 0 Å². The molecular weight excluding hydrogens is 490 g/mol. The molecule has 0 aliphatic carbocycles. The number of aromatic nitrogens is 4. The molecule has 0 saturated carbocycles. The predicted octanol–water partition coefficient (Wildman–Crippen LogP) is 0.346. The van der Waals surface area contributed by atoms with E-state index in [9.17, 15) is 19.8 Å². The Morgan fingerprint density at radius 1 is 1.09 bits per heavy atom. The number of ether oxygens (including phenoxy) is 1. The van der Waals surface area contributed by atoms with Crippen LogP contribution in [0.1, 0.15) is 41.0 Å². The van der Waals surface area contributed by atoms with Crippen LogP contribution >= 0.6 is 24.4 Å². The Bertz CT molecular complexity index is 1440. The molecular formula is C23H27N5O5S2. The van der Waals surface area contributed by atoms with Gasteiger partial charge in [0.2, 0.25) is 5.88 Å². The van der Waals surface area contributed by atoms with Crippen molar-refractivity contribution in [2.75, 3.05) is 20.2 Å². The zero-order valence-corrected chi connectivity index (χ0v) is 21.3. The molecule has 1 unspecified atom stereocenters. The van der Waals surface area contributed by atoms with E-state index in [2.05, 4.69) is 9.97 Å². The third-order valence-corrected chi connectivity index (χ3v) is 7.35. The Hall–Kier alpha value is -3.22. The van der Waals surface area contributed by atoms with Crippen molar-refractivity contribution in [1.29, 1.82) is 0 Å². The maximum absolute atomic E-state index is 13.3. The summed E-state index contributed by atoms with van der Waals surface area (Å²) in [6.45, 7) is 2.76. The average molecular weight is 518 g/mol. The average Bonchev–Trinajstić information content (AvgIpc) is 3.33. The molecule has 12 heteroatoms. The number of rotatable bonds is 6. The molecule has 0 spiro atoms. The van der Waals surface area contributed by atoms with Crippen LogP contribution in [-0.4, -0.2) is 44.4 Å². The number of aromatic hydroxyl groups is 1. The maximum Gasteiger partial charge on any atom is 0.259 e. The first-order valence-electron chi connectivity index (χ1n) is 11.2. The number of aromatic amines is 2. The van der Waals surface area contributed by atoms with Crippen molar-refractivity contribution >= 4 is 24.4 Å². The van der Waals surface area contributed by atoms with Gasteiger partial charge in [0.15, 0.2) is 9.54 Å². The van der Waals surface area contributed by atoms with Gasteiger partial charge in [-0.1, -0.05) is 6.07 Å². The number of nitrogens with one attached hydrogen (secondary N) is 3. The minimum atomic E-state index is -1.18. The topological polar surface area (TPSA) is 133 Å². The van der Waals surface area contributed by atoms with Crippen LogP contribution in [0.5, 0.6) is 17.5 Å². The van der Waals surface area contributed by atoms with E-state index in [0.29, 0.717) is 17.9 Å². The summed E-state index contributed by atoms with van der Waals surface area (Å²) in [5.74, 6) is -1.61. The Labute approximate surface area is 211 Å². The highest BCUT2D eigenvalue weighted by Crippen LogP contribution is 2.37. The predicted molar refractivity (Wildman–Crippen MR) is 132 cm³/mol. The number of quaternary nitrogens is 1. The summed E-state index contributed by atoms with van der Waals surface area (Å²) >= 11 is 10.2. The lowest BCUT2D eigenvalue weighted by molar-refractivity contribution is -0.901. The summed E-state index contributed by atoms with van der Waals surface area (Å²) in [7, 11) is 4.50. The van der Waals surface area contributed by atoms with Crippen LogP contribution in [0.2, 0.25) is 0 Å². The van der Waals surface area contributed by atoms with Crippen LogP contribution in [0.15, 0.2) is 27.8 Å². The van der Waals surface area contributed by atoms with Crippen molar-refractivity contribution in [3.05, 3.63) is 70.7 Å². The first-order chi connectivity index (χ1) is 16.6. The standard InChI is InChI=1S/C23H27N5O5S2/c1-26-20(31)16(18(29)24-22(26)34)15(17-19(30)25-23(35)27(2)21(17)32)12-6-7-14(33-3)13(10-12)11-28-8-4-5-9-28/h6-7,10,15,31-32H,4-5,8-9,11H2,1-3H3,(H,24,29,34)(H,25,30,35). The van der Waals surface area contributed by atoms with Crippen LogP contribution in [0, 0.1) is 9.54 Å². The number of nitrogens with zero attached hydrogens (tertiary/aromatic N) is 2. The van der Waals surface area contributed by atoms with Crippen LogP contribution in [0.3, 0.4) is 0 Å². The molecule has 0 amide bonds. The number of benzene rings is 1. The molecule has 186 valence electrons. The van der Waals surface area contributed by atoms with E-state index in [0.717, 1.165) is 36.1 Å². The molecule has 2 aromatic heterocycles. The summed E-state index contributed by atoms with van der Waals surface area (Å²) in [6, 6.07) is 5.27. The van der Waals surface area contributed by atoms with Crippen LogP contribution < -0.4 is 25.9 Å². The Morgan fingerprint density at radius 3 is 2.31 bits per heavy atom. The van der Waals surface area contributed by atoms with E-state index >= 15 is 0 Å². The molecule has 1 fully saturated rings. The van der Waals surface area contributed by atoms with Crippen molar-refractivity contribution in [2.24, 2.45) is 14.1 Å². The molecule has 3 aromatic rings. The largest absolute Gasteiger partial charge is 0.860 e. The molecule has 1 aliphatic rings. The van der Waals surface area contributed by atoms with E-state index in [4.69, 9.17) is 29.2 Å². The molecule has 0 bridgehead atoms. The molecule has 4 rings (SSSR count). The van der Waals surface area contributed by atoms with E-state index in [1.807, 2.05) is 6.07 Å². The summed E-state index contributed by atoms with van der Waals surface area (Å²) in [6.07, 6.45) is 2.29. The smallest absolute Gasteiger partial charge is 0.259 e. The van der Waals surface area contributed by atoms with Crippen molar-refractivity contribution in [3.63, 3.8) is 0 Å². The highest BCUT2D eigenvalue weighted by Gasteiger charge is 2.30. The summed E-state index contributed by atoms with van der Waals surface area (Å²) < 4.78 is 7.88. The van der Waals surface area contributed by atoms with Gasteiger partial charge in [0.25, 0.3) is 11.1 Å². The lowest BCUT2D eigenvalue weighted by Gasteiger charge is -2.26. The lowest BCUT2D eigenvalue weighted by Crippen LogP contribution is -3.08. The fourth-order valence-corrected chi connectivity index (χ4v) is 5.03. The minimum Gasteiger partial charge on any atom is -0.860 e. The van der Waals surface area contributed by atoms with E-state index in [1.165, 1.54) is 23.6 Å². The fraction of sp³-hybridized carbons (Fsp3) is 0.391. The highest BCUT2D eigenvalue weighted by atomic mass is 32.1. The Balaban J connectivity index is 2.03. The van der Waals surface area contributed by atoms with Crippen molar-refractivity contribution in [1.82, 2.24) is 19.1 Å². The normalized spacial score (nSPS) is 14.8. The van der Waals surface area contributed by atoms with Gasteiger partial charge in [-0.15, -0.1) is 0 Å². The monoisotopic (exact) mass is 517 g/mol. The van der Waals surface area contributed by atoms with Gasteiger partial charge in [0.1, 0.15) is 12.3 Å². The number of likely N-dealkylation sites (tertiary alicyclic amines) is 1. The quantitative estimate of drug-likeness (QED) is 0.347. The highest BCUT2D eigenvalue weighted by molar-refractivity contribution is 7.71. The second-order valence-corrected chi connectivity index (χ2v) is 9.50. The van der Waals surface area contributed by atoms with Gasteiger partial charge in [-0.25, -0.2) is 0 Å². The van der Waals surface area contributed by atoms with Crippen molar-refractivity contribution < 1.29 is 19.8 Å². The third kappa shape index (κ3) is 4.56. The third-order valence-electron chi connectivity index (χ3n) is 6.60. The van der Waals surface area contributed by atoms with Gasteiger partial charge < -0.3 is 24.4 Å². The Morgan fingerprint density at radius 2 is 1.69 bits per heavy atom. The second-order valence-electron chi connectivity index (χ2n) is 8.73. The zero-order valence-electron chi connectivity index (χ0n) is 19.6. The maximum atomic E-state index is 13.3. The molecule has 4 N–H and O–H groups in total. The van der Waals surface area contributed by atoms with E-state index < -0.39 is 28.8 Å². The van der Waals surface area contributed by atoms with Gasteiger partial charge in [-0.3, -0.25) is 24.1 Å². The molecule has 3 heterocycles. The van der Waals surface area contributed by atoms with Crippen LogP contribution in [0.4, 0.5) is 0 Å². The number of hydrogen-bond donors (Lipinski definition) is 4. The van der Waals surface area contributed by atoms with Gasteiger partial charge in [-0.05, 0) is 48.0 Å². The summed E-state index contributed by atoms with van der Waals surface area (Å²) in [5, 5.41) is 24.2. The van der Waals surface area contributed by atoms with Gasteiger partial charge >= 0.3 is 0 Å². The lowest BCUT2D eigenvalue weighted by atomic mass is 9.85. The molecule has 0 radical (unpaired) electrons. The summed E-state index contributed by atoms with van der Waals surface area (Å²) in [4.78, 5) is 32.6. The number of methoxy groups -OCH3 is 1. The molecule has 10 nitrogen and oxygen atoms in total. The fourth-order valence-electron chi connectivity index (χ4n) is 4.67. The molecule has 1 aliphatic heterocycles. The van der Waals surface area contributed by atoms with Gasteiger partial charge in [0.05, 0.1) is 31.7 Å². The van der Waals surface area contributed by atoms with E-state index in [1.54, 1.807) is 19.2 Å². The van der Waals surface area contributed by atoms with E-state index in [-0.39, 0.29) is 20.7 Å². The zero-order chi connectivity index (χ0) is 25.4. The molecule has 1 atom stereocenters. The van der Waals surface area contributed by atoms with Crippen LogP contribution in [-0.2, 0) is 20.6 Å². The minimum absolute atomic E-state index is 0.00534. The van der Waals surface area contributed by atoms with Gasteiger partial charge in [-0.2, -0.15) is 0 Å². The molecule has 1 aromatic carbocycles. The van der Waals surface area contributed by atoms with Crippen molar-refractivity contribution in [3.8, 4) is 17.5 Å². The van der Waals surface area contributed by atoms with Gasteiger partial charge in [0, 0.05) is 38.1 Å². The first kappa shape index (κ1) is 24.9. The first-order valence-corrected chi connectivity index (χ1v) is 12.0. The SMILES string of the molecule is COc1ccc(C(c2c([O-])n(C)c(=S)[nH]c2=O)c2c(O)n(C)c(=S)[nH]c2=O)cc1C[NH+]1CCCC1. The Kier molecular flexibility index (Phi) is 6.97. The van der Waals surface area contributed by atoms with Crippen molar-refractivity contribution in [2.45, 2.75) is 25.3 Å². The summed E-state index contributed by atoms with van der Waals surface area (Å²) in [5.41, 5.74) is -0.456.